The molecule has 0 radical (unpaired) electrons. The number of nitrogens with two attached hydrogens (primary N) is 1. The molecule has 0 aliphatic carbocycles. The average molecular weight is 179 g/mol. The van der Waals surface area contributed by atoms with Crippen molar-refractivity contribution in [3.63, 3.8) is 0 Å². The number of amides is 1. The van der Waals surface area contributed by atoms with Crippen molar-refractivity contribution in [2.45, 2.75) is 0 Å². The van der Waals surface area contributed by atoms with Crippen LogP contribution < -0.4 is 5.73 Å². The maximum Gasteiger partial charge on any atom is 0.324 e. The minimum Gasteiger partial charge on any atom is -0.351 e. The van der Waals surface area contributed by atoms with Gasteiger partial charge in [0.15, 0.2) is 0 Å². The first kappa shape index (κ1) is 7.72. The minimum absolute atomic E-state index is 0.369. The van der Waals surface area contributed by atoms with Crippen LogP contribution in [0, 0.1) is 5.82 Å². The monoisotopic (exact) mass is 179 g/mol. The SMILES string of the molecule is NC(=O)n1ccc2cc(F)cnc21. The summed E-state index contributed by atoms with van der Waals surface area (Å²) in [6, 6.07) is 2.24. The molecule has 4 nitrogen and oxygen atoms in total. The smallest absolute Gasteiger partial charge is 0.324 e. The topological polar surface area (TPSA) is 60.9 Å². The number of fused-ring (bicyclic) bond motifs is 1. The fraction of sp³-hybridized carbons (Fsp3) is 0. The molecule has 0 aromatic carbocycles. The molecular weight excluding hydrogens is 173 g/mol. The summed E-state index contributed by atoms with van der Waals surface area (Å²) in [6.45, 7) is 0. The van der Waals surface area contributed by atoms with Crippen molar-refractivity contribution in [2.24, 2.45) is 5.73 Å². The zero-order valence-corrected chi connectivity index (χ0v) is 6.57. The van der Waals surface area contributed by atoms with Gasteiger partial charge in [-0.05, 0) is 12.1 Å². The number of pyridine rings is 1. The van der Waals surface area contributed by atoms with Crippen LogP contribution in [-0.2, 0) is 0 Å². The van der Waals surface area contributed by atoms with Crippen LogP contribution in [0.5, 0.6) is 0 Å². The van der Waals surface area contributed by atoms with Gasteiger partial charge in [-0.25, -0.2) is 14.2 Å². The van der Waals surface area contributed by atoms with Gasteiger partial charge in [-0.3, -0.25) is 4.57 Å². The van der Waals surface area contributed by atoms with Gasteiger partial charge in [-0.1, -0.05) is 0 Å². The summed E-state index contributed by atoms with van der Waals surface area (Å²) in [6.07, 6.45) is 2.50. The molecule has 2 rings (SSSR count). The first-order valence-electron chi connectivity index (χ1n) is 3.61. The molecule has 2 aromatic heterocycles. The Morgan fingerprint density at radius 3 is 3.08 bits per heavy atom. The zero-order valence-electron chi connectivity index (χ0n) is 6.57. The number of halogens is 1. The van der Waals surface area contributed by atoms with Crippen molar-refractivity contribution in [2.75, 3.05) is 0 Å². The fourth-order valence-electron chi connectivity index (χ4n) is 1.17. The molecule has 0 atom stereocenters. The molecule has 0 aliphatic rings. The third-order valence-corrected chi connectivity index (χ3v) is 1.73. The van der Waals surface area contributed by atoms with E-state index in [2.05, 4.69) is 4.98 Å². The predicted octanol–water partition coefficient (Wildman–Crippen LogP) is 1.10. The quantitative estimate of drug-likeness (QED) is 0.658. The second-order valence-corrected chi connectivity index (χ2v) is 2.59. The number of aromatic nitrogens is 2. The van der Waals surface area contributed by atoms with Gasteiger partial charge in [-0.15, -0.1) is 0 Å². The molecule has 0 fully saturated rings. The van der Waals surface area contributed by atoms with Crippen LogP contribution in [-0.4, -0.2) is 15.6 Å². The van der Waals surface area contributed by atoms with Crippen LogP contribution in [0.3, 0.4) is 0 Å². The van der Waals surface area contributed by atoms with Crippen molar-refractivity contribution in [1.29, 1.82) is 0 Å². The predicted molar refractivity (Wildman–Crippen MR) is 44.7 cm³/mol. The Morgan fingerprint density at radius 1 is 1.62 bits per heavy atom. The normalized spacial score (nSPS) is 10.5. The Labute approximate surface area is 72.8 Å². The Hall–Kier alpha value is -1.91. The van der Waals surface area contributed by atoms with Gasteiger partial charge < -0.3 is 5.73 Å². The largest absolute Gasteiger partial charge is 0.351 e. The van der Waals surface area contributed by atoms with Crippen molar-refractivity contribution in [3.8, 4) is 0 Å². The third kappa shape index (κ3) is 1.14. The summed E-state index contributed by atoms with van der Waals surface area (Å²) >= 11 is 0. The lowest BCUT2D eigenvalue weighted by molar-refractivity contribution is 0.251. The summed E-state index contributed by atoms with van der Waals surface area (Å²) in [5.74, 6) is -0.435. The van der Waals surface area contributed by atoms with Crippen LogP contribution in [0.25, 0.3) is 11.0 Å². The van der Waals surface area contributed by atoms with Crippen molar-refractivity contribution in [3.05, 3.63) is 30.3 Å². The first-order chi connectivity index (χ1) is 6.18. The highest BCUT2D eigenvalue weighted by Gasteiger charge is 2.06. The number of hydrogen-bond acceptors (Lipinski definition) is 2. The van der Waals surface area contributed by atoms with Crippen LogP contribution in [0.2, 0.25) is 0 Å². The number of primary amides is 1. The Bertz CT molecular complexity index is 477. The lowest BCUT2D eigenvalue weighted by Crippen LogP contribution is -2.18. The highest BCUT2D eigenvalue weighted by molar-refractivity contribution is 5.88. The van der Waals surface area contributed by atoms with E-state index in [1.165, 1.54) is 12.3 Å². The highest BCUT2D eigenvalue weighted by atomic mass is 19.1. The Kier molecular flexibility index (Phi) is 1.51. The molecule has 0 unspecified atom stereocenters. The summed E-state index contributed by atoms with van der Waals surface area (Å²) < 4.78 is 13.8. The van der Waals surface area contributed by atoms with Gasteiger partial charge in [0.2, 0.25) is 0 Å². The molecule has 13 heavy (non-hydrogen) atoms. The molecule has 0 bridgehead atoms. The second-order valence-electron chi connectivity index (χ2n) is 2.59. The lowest BCUT2D eigenvalue weighted by Gasteiger charge is -1.96. The van der Waals surface area contributed by atoms with E-state index in [1.807, 2.05) is 0 Å². The molecule has 5 heteroatoms. The summed E-state index contributed by atoms with van der Waals surface area (Å²) in [5.41, 5.74) is 5.42. The van der Waals surface area contributed by atoms with Gasteiger partial charge in [-0.2, -0.15) is 0 Å². The van der Waals surface area contributed by atoms with E-state index in [0.29, 0.717) is 11.0 Å². The zero-order chi connectivity index (χ0) is 9.42. The van der Waals surface area contributed by atoms with Gasteiger partial charge in [0.05, 0.1) is 6.20 Å². The number of rotatable bonds is 0. The maximum atomic E-state index is 12.7. The van der Waals surface area contributed by atoms with Crippen LogP contribution >= 0.6 is 0 Å². The van der Waals surface area contributed by atoms with E-state index < -0.39 is 11.8 Å². The lowest BCUT2D eigenvalue weighted by atomic mass is 10.3. The van der Waals surface area contributed by atoms with E-state index >= 15 is 0 Å². The highest BCUT2D eigenvalue weighted by Crippen LogP contribution is 2.13. The molecule has 66 valence electrons. The molecule has 0 spiro atoms. The summed E-state index contributed by atoms with van der Waals surface area (Å²) in [7, 11) is 0. The van der Waals surface area contributed by atoms with Crippen LogP contribution in [0.1, 0.15) is 0 Å². The standard InChI is InChI=1S/C8H6FN3O/c9-6-3-5-1-2-12(8(10)13)7(5)11-4-6/h1-4H,(H2,10,13). The molecule has 2 aromatic rings. The maximum absolute atomic E-state index is 12.7. The number of carbonyl (C=O) groups is 1. The number of carbonyl (C=O) groups excluding carboxylic acids is 1. The minimum atomic E-state index is -0.630. The van der Waals surface area contributed by atoms with Crippen molar-refractivity contribution < 1.29 is 9.18 Å². The van der Waals surface area contributed by atoms with Crippen LogP contribution in [0.15, 0.2) is 24.5 Å². The molecule has 1 amide bonds. The summed E-state index contributed by atoms with van der Waals surface area (Å²) in [4.78, 5) is 14.6. The number of hydrogen-bond donors (Lipinski definition) is 1. The molecule has 0 aliphatic heterocycles. The third-order valence-electron chi connectivity index (χ3n) is 1.73. The second kappa shape index (κ2) is 2.55. The van der Waals surface area contributed by atoms with E-state index in [0.717, 1.165) is 10.8 Å². The van der Waals surface area contributed by atoms with E-state index in [-0.39, 0.29) is 0 Å². The fourth-order valence-corrected chi connectivity index (χ4v) is 1.17. The molecule has 2 heterocycles. The van der Waals surface area contributed by atoms with Crippen LogP contribution in [0.4, 0.5) is 9.18 Å². The van der Waals surface area contributed by atoms with Gasteiger partial charge in [0.1, 0.15) is 11.5 Å². The van der Waals surface area contributed by atoms with Crippen molar-refractivity contribution in [1.82, 2.24) is 9.55 Å². The van der Waals surface area contributed by atoms with Gasteiger partial charge in [0.25, 0.3) is 0 Å². The number of nitrogens with zero attached hydrogens (tertiary/aromatic N) is 2. The van der Waals surface area contributed by atoms with Gasteiger partial charge >= 0.3 is 6.03 Å². The van der Waals surface area contributed by atoms with Gasteiger partial charge in [0, 0.05) is 11.6 Å². The molecule has 2 N–H and O–H groups in total. The molecule has 0 saturated heterocycles. The Morgan fingerprint density at radius 2 is 2.38 bits per heavy atom. The van der Waals surface area contributed by atoms with E-state index in [1.54, 1.807) is 6.07 Å². The van der Waals surface area contributed by atoms with E-state index in [4.69, 9.17) is 5.73 Å². The Balaban J connectivity index is 2.76. The van der Waals surface area contributed by atoms with E-state index in [9.17, 15) is 9.18 Å². The molecule has 0 saturated carbocycles. The first-order valence-corrected chi connectivity index (χ1v) is 3.61. The summed E-state index contributed by atoms with van der Waals surface area (Å²) in [5, 5.41) is 0.554. The van der Waals surface area contributed by atoms with Crippen molar-refractivity contribution >= 4 is 17.1 Å². The molecular formula is C8H6FN3O. The average Bonchev–Trinajstić information content (AvgIpc) is 2.46.